The second-order valence-electron chi connectivity index (χ2n) is 6.46. The van der Waals surface area contributed by atoms with Gasteiger partial charge in [0.25, 0.3) is 5.91 Å². The Morgan fingerprint density at radius 3 is 2.54 bits per heavy atom. The molecule has 0 aliphatic carbocycles. The van der Waals surface area contributed by atoms with Crippen molar-refractivity contribution >= 4 is 17.3 Å². The Kier molecular flexibility index (Phi) is 4.47. The van der Waals surface area contributed by atoms with Crippen LogP contribution in [0.5, 0.6) is 5.75 Å². The minimum atomic E-state index is -0.503. The van der Waals surface area contributed by atoms with Crippen molar-refractivity contribution in [2.75, 3.05) is 10.6 Å². The number of nitrogens with two attached hydrogens (primary N) is 1. The quantitative estimate of drug-likeness (QED) is 0.875. The van der Waals surface area contributed by atoms with Crippen molar-refractivity contribution in [3.05, 3.63) is 53.6 Å². The van der Waals surface area contributed by atoms with E-state index in [0.717, 1.165) is 17.9 Å². The summed E-state index contributed by atoms with van der Waals surface area (Å²) in [4.78, 5) is 14.8. The van der Waals surface area contributed by atoms with Crippen LogP contribution in [0.15, 0.2) is 42.5 Å². The lowest BCUT2D eigenvalue weighted by atomic mass is 9.98. The molecule has 0 aromatic heterocycles. The van der Waals surface area contributed by atoms with Gasteiger partial charge in [0.1, 0.15) is 5.75 Å². The third-order valence-corrected chi connectivity index (χ3v) is 4.45. The van der Waals surface area contributed by atoms with Gasteiger partial charge >= 0.3 is 0 Å². The summed E-state index contributed by atoms with van der Waals surface area (Å²) in [7, 11) is 0. The highest BCUT2D eigenvalue weighted by Gasteiger charge is 2.36. The number of anilines is 2. The molecule has 1 unspecified atom stereocenters. The van der Waals surface area contributed by atoms with Crippen molar-refractivity contribution in [2.45, 2.75) is 45.8 Å². The third kappa shape index (κ3) is 2.96. The van der Waals surface area contributed by atoms with Gasteiger partial charge in [0.05, 0.1) is 5.69 Å². The van der Waals surface area contributed by atoms with Crippen LogP contribution in [0.1, 0.15) is 31.9 Å². The Morgan fingerprint density at radius 1 is 1.17 bits per heavy atom. The summed E-state index contributed by atoms with van der Waals surface area (Å²) in [6.07, 6.45) is 1.02. The van der Waals surface area contributed by atoms with Crippen molar-refractivity contribution < 1.29 is 9.53 Å². The smallest absolute Gasteiger partial charge is 0.268 e. The molecule has 1 aliphatic heterocycles. The summed E-state index contributed by atoms with van der Waals surface area (Å²) in [5.41, 5.74) is 9.71. The van der Waals surface area contributed by atoms with E-state index in [-0.39, 0.29) is 11.9 Å². The summed E-state index contributed by atoms with van der Waals surface area (Å²) in [5, 5.41) is 0. The van der Waals surface area contributed by atoms with Gasteiger partial charge in [-0.3, -0.25) is 4.79 Å². The molecule has 2 aromatic carbocycles. The molecule has 0 fully saturated rings. The van der Waals surface area contributed by atoms with Crippen LogP contribution in [0.2, 0.25) is 0 Å². The molecule has 0 saturated heterocycles. The average molecular weight is 324 g/mol. The zero-order chi connectivity index (χ0) is 17.3. The van der Waals surface area contributed by atoms with Crippen LogP contribution in [0.25, 0.3) is 0 Å². The van der Waals surface area contributed by atoms with Gasteiger partial charge in [-0.1, -0.05) is 31.2 Å². The second-order valence-corrected chi connectivity index (χ2v) is 6.46. The molecule has 24 heavy (non-hydrogen) atoms. The summed E-state index contributed by atoms with van der Waals surface area (Å²) in [6, 6.07) is 13.7. The molecular weight excluding hydrogens is 300 g/mol. The number of hydrogen-bond donors (Lipinski definition) is 1. The first-order chi connectivity index (χ1) is 11.5. The van der Waals surface area contributed by atoms with E-state index in [1.165, 1.54) is 11.1 Å². The maximum atomic E-state index is 13.0. The number of rotatable bonds is 4. The van der Waals surface area contributed by atoms with Gasteiger partial charge in [-0.15, -0.1) is 0 Å². The van der Waals surface area contributed by atoms with Gasteiger partial charge in [0, 0.05) is 18.2 Å². The molecule has 1 amide bonds. The highest BCUT2D eigenvalue weighted by molar-refractivity contribution is 6.01. The zero-order valence-electron chi connectivity index (χ0n) is 14.5. The number of hydrogen-bond acceptors (Lipinski definition) is 3. The molecule has 1 aliphatic rings. The van der Waals surface area contributed by atoms with Gasteiger partial charge in [-0.05, 0) is 49.6 Å². The first-order valence-electron chi connectivity index (χ1n) is 8.47. The van der Waals surface area contributed by atoms with E-state index in [2.05, 4.69) is 19.1 Å². The average Bonchev–Trinajstić information content (AvgIpc) is 2.56. The number of fused-ring (bicyclic) bond motifs is 1. The van der Waals surface area contributed by atoms with Crippen LogP contribution in [-0.4, -0.2) is 18.1 Å². The van der Waals surface area contributed by atoms with E-state index < -0.39 is 6.10 Å². The standard InChI is InChI=1S/C20H24N2O2/c1-4-14-7-5-6-8-15(14)11-19-20(23)22(13(2)3)17-12-16(21)9-10-18(17)24-19/h5-10,12-13,19H,4,11,21H2,1-3H3. The molecule has 1 heterocycles. The Hall–Kier alpha value is -2.49. The van der Waals surface area contributed by atoms with Crippen LogP contribution in [-0.2, 0) is 17.6 Å². The van der Waals surface area contributed by atoms with Crippen molar-refractivity contribution in [1.29, 1.82) is 0 Å². The highest BCUT2D eigenvalue weighted by atomic mass is 16.5. The molecule has 0 bridgehead atoms. The summed E-state index contributed by atoms with van der Waals surface area (Å²) in [5.74, 6) is 0.713. The first kappa shape index (κ1) is 16.4. The van der Waals surface area contributed by atoms with Gasteiger partial charge in [-0.2, -0.15) is 0 Å². The number of nitrogens with zero attached hydrogens (tertiary/aromatic N) is 1. The fraction of sp³-hybridized carbons (Fsp3) is 0.350. The molecule has 0 radical (unpaired) electrons. The number of benzene rings is 2. The molecule has 3 rings (SSSR count). The maximum Gasteiger partial charge on any atom is 0.268 e. The predicted molar refractivity (Wildman–Crippen MR) is 97.4 cm³/mol. The minimum absolute atomic E-state index is 0.00555. The predicted octanol–water partition coefficient (Wildman–Crippen LogP) is 3.58. The van der Waals surface area contributed by atoms with E-state index in [1.807, 2.05) is 44.2 Å². The molecule has 4 nitrogen and oxygen atoms in total. The van der Waals surface area contributed by atoms with Gasteiger partial charge < -0.3 is 15.4 Å². The van der Waals surface area contributed by atoms with E-state index in [4.69, 9.17) is 10.5 Å². The molecule has 0 spiro atoms. The Balaban J connectivity index is 1.96. The summed E-state index contributed by atoms with van der Waals surface area (Å²) < 4.78 is 6.04. The lowest BCUT2D eigenvalue weighted by Gasteiger charge is -2.37. The lowest BCUT2D eigenvalue weighted by molar-refractivity contribution is -0.126. The van der Waals surface area contributed by atoms with Crippen molar-refractivity contribution in [3.8, 4) is 5.75 Å². The van der Waals surface area contributed by atoms with Crippen molar-refractivity contribution in [2.24, 2.45) is 0 Å². The fourth-order valence-corrected chi connectivity index (χ4v) is 3.26. The number of ether oxygens (including phenoxy) is 1. The van der Waals surface area contributed by atoms with Crippen LogP contribution in [0.4, 0.5) is 11.4 Å². The SMILES string of the molecule is CCc1ccccc1CC1Oc2ccc(N)cc2N(C(C)C)C1=O. The lowest BCUT2D eigenvalue weighted by Crippen LogP contribution is -2.50. The zero-order valence-corrected chi connectivity index (χ0v) is 14.5. The van der Waals surface area contributed by atoms with Gasteiger partial charge in [0.15, 0.2) is 6.10 Å². The molecular formula is C20H24N2O2. The summed E-state index contributed by atoms with van der Waals surface area (Å²) in [6.45, 7) is 6.14. The Bertz CT molecular complexity index is 755. The third-order valence-electron chi connectivity index (χ3n) is 4.45. The highest BCUT2D eigenvalue weighted by Crippen LogP contribution is 2.37. The molecule has 1 atom stereocenters. The molecule has 2 aromatic rings. The van der Waals surface area contributed by atoms with Crippen LogP contribution in [0.3, 0.4) is 0 Å². The molecule has 2 N–H and O–H groups in total. The van der Waals surface area contributed by atoms with E-state index >= 15 is 0 Å². The minimum Gasteiger partial charge on any atom is -0.478 e. The van der Waals surface area contributed by atoms with E-state index in [1.54, 1.807) is 4.90 Å². The first-order valence-corrected chi connectivity index (χ1v) is 8.47. The van der Waals surface area contributed by atoms with Crippen LogP contribution >= 0.6 is 0 Å². The summed E-state index contributed by atoms with van der Waals surface area (Å²) >= 11 is 0. The normalized spacial score (nSPS) is 16.9. The number of aryl methyl sites for hydroxylation is 1. The number of amides is 1. The Morgan fingerprint density at radius 2 is 1.88 bits per heavy atom. The number of carbonyl (C=O) groups excluding carboxylic acids is 1. The molecule has 0 saturated carbocycles. The van der Waals surface area contributed by atoms with E-state index in [9.17, 15) is 4.79 Å². The van der Waals surface area contributed by atoms with Crippen molar-refractivity contribution in [1.82, 2.24) is 0 Å². The monoisotopic (exact) mass is 324 g/mol. The molecule has 4 heteroatoms. The largest absolute Gasteiger partial charge is 0.478 e. The van der Waals surface area contributed by atoms with Crippen LogP contribution < -0.4 is 15.4 Å². The molecule has 126 valence electrons. The fourth-order valence-electron chi connectivity index (χ4n) is 3.26. The van der Waals surface area contributed by atoms with Crippen molar-refractivity contribution in [3.63, 3.8) is 0 Å². The maximum absolute atomic E-state index is 13.0. The van der Waals surface area contributed by atoms with E-state index in [0.29, 0.717) is 12.1 Å². The second kappa shape index (κ2) is 6.56. The van der Waals surface area contributed by atoms with Gasteiger partial charge in [0.2, 0.25) is 0 Å². The van der Waals surface area contributed by atoms with Gasteiger partial charge in [-0.25, -0.2) is 0 Å². The Labute approximate surface area is 143 Å². The number of nitrogen functional groups attached to an aromatic ring is 1. The number of carbonyl (C=O) groups is 1. The van der Waals surface area contributed by atoms with Crippen LogP contribution in [0, 0.1) is 0 Å². The topological polar surface area (TPSA) is 55.6 Å².